The molecule has 0 unspecified atom stereocenters. The fourth-order valence-electron chi connectivity index (χ4n) is 2.84. The maximum absolute atomic E-state index is 13.6. The van der Waals surface area contributed by atoms with Crippen LogP contribution < -0.4 is 5.32 Å². The number of hydrogen-bond acceptors (Lipinski definition) is 5. The first-order valence-electron chi connectivity index (χ1n) is 8.91. The Morgan fingerprint density at radius 2 is 1.55 bits per heavy atom. The van der Waals surface area contributed by atoms with Crippen LogP contribution in [0.4, 0.5) is 14.5 Å². The number of aromatic nitrogens is 2. The molecular formula is C22H17F2N3OS. The second-order valence-electron chi connectivity index (χ2n) is 6.59. The fourth-order valence-corrected chi connectivity index (χ4v) is 3.68. The molecule has 2 N–H and O–H groups in total. The molecule has 3 aromatic carbocycles. The van der Waals surface area contributed by atoms with Gasteiger partial charge in [0.1, 0.15) is 15.8 Å². The molecule has 0 bridgehead atoms. The summed E-state index contributed by atoms with van der Waals surface area (Å²) in [4.78, 5) is 0. The molecule has 4 nitrogen and oxygen atoms in total. The highest BCUT2D eigenvalue weighted by molar-refractivity contribution is 7.17. The van der Waals surface area contributed by atoms with Crippen LogP contribution in [-0.2, 0) is 6.54 Å². The number of hydrogen-bond donors (Lipinski definition) is 2. The van der Waals surface area contributed by atoms with E-state index in [4.69, 9.17) is 0 Å². The van der Waals surface area contributed by atoms with Gasteiger partial charge in [-0.3, -0.25) is 0 Å². The minimum absolute atomic E-state index is 0.257. The van der Waals surface area contributed by atoms with Crippen molar-refractivity contribution in [1.82, 2.24) is 10.2 Å². The van der Waals surface area contributed by atoms with E-state index in [1.165, 1.54) is 35.6 Å². The van der Waals surface area contributed by atoms with Crippen LogP contribution in [0, 0.1) is 18.6 Å². The molecule has 0 saturated carbocycles. The molecule has 4 rings (SSSR count). The quantitative estimate of drug-likeness (QED) is 0.439. The van der Waals surface area contributed by atoms with Gasteiger partial charge in [0.25, 0.3) is 0 Å². The zero-order chi connectivity index (χ0) is 20.4. The smallest absolute Gasteiger partial charge is 0.165 e. The van der Waals surface area contributed by atoms with Crippen LogP contribution in [-0.4, -0.2) is 15.3 Å². The summed E-state index contributed by atoms with van der Waals surface area (Å²) in [7, 11) is 0. The third-order valence-electron chi connectivity index (χ3n) is 4.50. The molecule has 0 atom stereocenters. The van der Waals surface area contributed by atoms with Gasteiger partial charge in [0, 0.05) is 23.4 Å². The maximum atomic E-state index is 13.6. The second-order valence-corrected chi connectivity index (χ2v) is 7.57. The Morgan fingerprint density at radius 3 is 2.24 bits per heavy atom. The van der Waals surface area contributed by atoms with Crippen molar-refractivity contribution in [3.05, 3.63) is 83.4 Å². The third-order valence-corrected chi connectivity index (χ3v) is 5.52. The summed E-state index contributed by atoms with van der Waals surface area (Å²) in [5.41, 5.74) is 4.44. The van der Waals surface area contributed by atoms with E-state index >= 15 is 0 Å². The normalized spacial score (nSPS) is 10.9. The lowest BCUT2D eigenvalue weighted by molar-refractivity contribution is 0.432. The average Bonchev–Trinajstić information content (AvgIpc) is 3.21. The Morgan fingerprint density at radius 1 is 0.897 bits per heavy atom. The number of phenols is 1. The van der Waals surface area contributed by atoms with E-state index in [1.807, 2.05) is 25.1 Å². The van der Waals surface area contributed by atoms with Crippen molar-refractivity contribution >= 4 is 17.0 Å². The lowest BCUT2D eigenvalue weighted by atomic mass is 10.1. The van der Waals surface area contributed by atoms with E-state index in [-0.39, 0.29) is 5.82 Å². The summed E-state index contributed by atoms with van der Waals surface area (Å²) in [5, 5.41) is 22.4. The number of aromatic hydroxyl groups is 1. The number of phenolic OH excluding ortho intramolecular Hbond substituents is 1. The Kier molecular flexibility index (Phi) is 5.22. The topological polar surface area (TPSA) is 58.0 Å². The predicted octanol–water partition coefficient (Wildman–Crippen LogP) is 5.78. The van der Waals surface area contributed by atoms with Gasteiger partial charge in [-0.1, -0.05) is 35.6 Å². The van der Waals surface area contributed by atoms with E-state index < -0.39 is 11.6 Å². The van der Waals surface area contributed by atoms with Crippen LogP contribution in [0.25, 0.3) is 21.1 Å². The number of halogens is 2. The van der Waals surface area contributed by atoms with Crippen LogP contribution in [0.2, 0.25) is 0 Å². The Bertz CT molecular complexity index is 1160. The monoisotopic (exact) mass is 409 g/mol. The lowest BCUT2D eigenvalue weighted by Gasteiger charge is -2.11. The van der Waals surface area contributed by atoms with Crippen molar-refractivity contribution < 1.29 is 13.9 Å². The summed E-state index contributed by atoms with van der Waals surface area (Å²) in [6, 6.07) is 16.5. The molecule has 0 radical (unpaired) electrons. The van der Waals surface area contributed by atoms with Crippen LogP contribution in [0.15, 0.2) is 60.7 Å². The standard InChI is InChI=1S/C22H17F2N3OS/c1-13-2-5-16(11-19(13)25-12-14-3-7-17(23)8-4-14)22-27-26-21(29-22)15-6-9-20(28)18(24)10-15/h2-11,25,28H,12H2,1H3. The summed E-state index contributed by atoms with van der Waals surface area (Å²) in [5.74, 6) is -1.34. The van der Waals surface area contributed by atoms with Gasteiger partial charge in [0.2, 0.25) is 0 Å². The van der Waals surface area contributed by atoms with Gasteiger partial charge in [-0.05, 0) is 54.4 Å². The van der Waals surface area contributed by atoms with Gasteiger partial charge in [-0.2, -0.15) is 0 Å². The number of nitrogens with one attached hydrogen (secondary N) is 1. The lowest BCUT2D eigenvalue weighted by Crippen LogP contribution is -2.01. The number of benzene rings is 3. The summed E-state index contributed by atoms with van der Waals surface area (Å²) >= 11 is 1.34. The molecule has 0 fully saturated rings. The van der Waals surface area contributed by atoms with Crippen molar-refractivity contribution in [2.75, 3.05) is 5.32 Å². The first-order valence-corrected chi connectivity index (χ1v) is 9.73. The number of nitrogens with zero attached hydrogens (tertiary/aromatic N) is 2. The number of aryl methyl sites for hydroxylation is 1. The minimum atomic E-state index is -0.693. The molecule has 146 valence electrons. The fraction of sp³-hybridized carbons (Fsp3) is 0.0909. The number of rotatable bonds is 5. The molecule has 0 aliphatic rings. The first-order chi connectivity index (χ1) is 14.0. The van der Waals surface area contributed by atoms with Crippen molar-refractivity contribution in [3.63, 3.8) is 0 Å². The molecule has 0 aliphatic carbocycles. The summed E-state index contributed by atoms with van der Waals surface area (Å²) < 4.78 is 26.7. The predicted molar refractivity (Wildman–Crippen MR) is 111 cm³/mol. The maximum Gasteiger partial charge on any atom is 0.165 e. The Labute approximate surface area is 170 Å². The SMILES string of the molecule is Cc1ccc(-c2nnc(-c3ccc(O)c(F)c3)s2)cc1NCc1ccc(F)cc1. The van der Waals surface area contributed by atoms with Crippen LogP contribution in [0.1, 0.15) is 11.1 Å². The second kappa shape index (κ2) is 7.97. The molecule has 0 aliphatic heterocycles. The van der Waals surface area contributed by atoms with Gasteiger partial charge in [0.15, 0.2) is 11.6 Å². The van der Waals surface area contributed by atoms with Gasteiger partial charge >= 0.3 is 0 Å². The van der Waals surface area contributed by atoms with Crippen LogP contribution in [0.3, 0.4) is 0 Å². The average molecular weight is 409 g/mol. The van der Waals surface area contributed by atoms with E-state index in [9.17, 15) is 13.9 Å². The molecule has 1 heterocycles. The van der Waals surface area contributed by atoms with Crippen LogP contribution in [0.5, 0.6) is 5.75 Å². The minimum Gasteiger partial charge on any atom is -0.505 e. The molecule has 0 saturated heterocycles. The highest BCUT2D eigenvalue weighted by Gasteiger charge is 2.12. The van der Waals surface area contributed by atoms with Crippen LogP contribution >= 0.6 is 11.3 Å². The molecule has 0 spiro atoms. The summed E-state index contributed by atoms with van der Waals surface area (Å²) in [6.45, 7) is 2.57. The van der Waals surface area contributed by atoms with E-state index in [2.05, 4.69) is 15.5 Å². The van der Waals surface area contributed by atoms with Gasteiger partial charge < -0.3 is 10.4 Å². The molecule has 29 heavy (non-hydrogen) atoms. The zero-order valence-corrected chi connectivity index (χ0v) is 16.3. The Balaban J connectivity index is 1.56. The molecular weight excluding hydrogens is 392 g/mol. The van der Waals surface area contributed by atoms with Gasteiger partial charge in [-0.15, -0.1) is 10.2 Å². The zero-order valence-electron chi connectivity index (χ0n) is 15.5. The van der Waals surface area contributed by atoms with E-state index in [0.717, 1.165) is 22.4 Å². The Hall–Kier alpha value is -3.32. The molecule has 4 aromatic rings. The third kappa shape index (κ3) is 4.25. The summed E-state index contributed by atoms with van der Waals surface area (Å²) in [6.07, 6.45) is 0. The largest absolute Gasteiger partial charge is 0.505 e. The highest BCUT2D eigenvalue weighted by Crippen LogP contribution is 2.33. The van der Waals surface area contributed by atoms with E-state index in [0.29, 0.717) is 22.1 Å². The molecule has 7 heteroatoms. The van der Waals surface area contributed by atoms with Gasteiger partial charge in [0.05, 0.1) is 0 Å². The molecule has 1 aromatic heterocycles. The van der Waals surface area contributed by atoms with Crippen molar-refractivity contribution in [3.8, 4) is 26.9 Å². The van der Waals surface area contributed by atoms with E-state index in [1.54, 1.807) is 18.2 Å². The van der Waals surface area contributed by atoms with Crippen molar-refractivity contribution in [2.45, 2.75) is 13.5 Å². The highest BCUT2D eigenvalue weighted by atomic mass is 32.1. The van der Waals surface area contributed by atoms with Crippen molar-refractivity contribution in [1.29, 1.82) is 0 Å². The molecule has 0 amide bonds. The number of anilines is 1. The van der Waals surface area contributed by atoms with Crippen molar-refractivity contribution in [2.24, 2.45) is 0 Å². The first kappa shape index (κ1) is 19.0. The van der Waals surface area contributed by atoms with Gasteiger partial charge in [-0.25, -0.2) is 8.78 Å².